The van der Waals surface area contributed by atoms with E-state index in [1.807, 2.05) is 25.1 Å². The molecule has 0 amide bonds. The van der Waals surface area contributed by atoms with E-state index in [1.165, 1.54) is 0 Å². The zero-order valence-electron chi connectivity index (χ0n) is 9.31. The molecule has 2 heterocycles. The van der Waals surface area contributed by atoms with E-state index in [9.17, 15) is 4.79 Å². The van der Waals surface area contributed by atoms with E-state index in [0.29, 0.717) is 12.8 Å². The average molecular weight is 220 g/mol. The molecular weight excluding hydrogens is 204 g/mol. The zero-order chi connectivity index (χ0) is 11.5. The summed E-state index contributed by atoms with van der Waals surface area (Å²) in [6.45, 7) is 2.69. The summed E-state index contributed by atoms with van der Waals surface area (Å²) in [5.41, 5.74) is 1.92. The van der Waals surface area contributed by atoms with Gasteiger partial charge in [0.05, 0.1) is 17.7 Å². The molecule has 2 unspecified atom stereocenters. The van der Waals surface area contributed by atoms with Crippen LogP contribution in [-0.4, -0.2) is 22.6 Å². The molecule has 1 fully saturated rings. The number of hydrogen-bond donors (Lipinski definition) is 2. The number of rotatable bonds is 2. The topological polar surface area (TPSA) is 62.2 Å². The summed E-state index contributed by atoms with van der Waals surface area (Å²) in [6.07, 6.45) is 1.34. The predicted octanol–water partition coefficient (Wildman–Crippen LogP) is 1.52. The Morgan fingerprint density at radius 1 is 1.56 bits per heavy atom. The van der Waals surface area contributed by atoms with Crippen LogP contribution in [0.25, 0.3) is 0 Å². The Morgan fingerprint density at radius 2 is 2.38 bits per heavy atom. The van der Waals surface area contributed by atoms with Gasteiger partial charge in [-0.2, -0.15) is 0 Å². The summed E-state index contributed by atoms with van der Waals surface area (Å²) in [6, 6.07) is 5.94. The normalized spacial score (nSPS) is 25.3. The van der Waals surface area contributed by atoms with Crippen molar-refractivity contribution < 1.29 is 9.90 Å². The molecule has 0 bridgehead atoms. The van der Waals surface area contributed by atoms with Gasteiger partial charge in [0, 0.05) is 5.69 Å². The molecule has 0 aliphatic carbocycles. The number of carbonyl (C=O) groups is 1. The SMILES string of the molecule is Cc1cccc(C2CC(C(=O)O)CCN2)n1. The summed E-state index contributed by atoms with van der Waals surface area (Å²) in [4.78, 5) is 15.4. The van der Waals surface area contributed by atoms with Crippen LogP contribution in [0.3, 0.4) is 0 Å². The Balaban J connectivity index is 2.12. The number of nitrogens with one attached hydrogen (secondary N) is 1. The highest BCUT2D eigenvalue weighted by Gasteiger charge is 2.27. The fraction of sp³-hybridized carbons (Fsp3) is 0.500. The van der Waals surface area contributed by atoms with Gasteiger partial charge in [-0.05, 0) is 38.4 Å². The fourth-order valence-electron chi connectivity index (χ4n) is 2.13. The number of carboxylic acid groups (broad SMARTS) is 1. The van der Waals surface area contributed by atoms with Crippen molar-refractivity contribution in [1.29, 1.82) is 0 Å². The summed E-state index contributed by atoms with van der Waals surface area (Å²) >= 11 is 0. The molecule has 2 N–H and O–H groups in total. The van der Waals surface area contributed by atoms with E-state index in [0.717, 1.165) is 17.9 Å². The molecule has 0 radical (unpaired) electrons. The molecule has 1 aromatic heterocycles. The summed E-state index contributed by atoms with van der Waals surface area (Å²) in [7, 11) is 0. The first-order valence-electron chi connectivity index (χ1n) is 5.56. The molecule has 4 heteroatoms. The van der Waals surface area contributed by atoms with E-state index in [4.69, 9.17) is 5.11 Å². The molecule has 1 aliphatic heterocycles. The van der Waals surface area contributed by atoms with Gasteiger partial charge in [-0.25, -0.2) is 0 Å². The molecule has 1 saturated heterocycles. The Labute approximate surface area is 94.7 Å². The average Bonchev–Trinajstić information content (AvgIpc) is 2.29. The standard InChI is InChI=1S/C12H16N2O2/c1-8-3-2-4-10(14-8)11-7-9(12(15)16)5-6-13-11/h2-4,9,11,13H,5-7H2,1H3,(H,15,16). The van der Waals surface area contributed by atoms with E-state index in [2.05, 4.69) is 10.3 Å². The van der Waals surface area contributed by atoms with Gasteiger partial charge in [-0.3, -0.25) is 9.78 Å². The highest BCUT2D eigenvalue weighted by Crippen LogP contribution is 2.26. The van der Waals surface area contributed by atoms with Gasteiger partial charge < -0.3 is 10.4 Å². The van der Waals surface area contributed by atoms with Crippen molar-refractivity contribution in [2.24, 2.45) is 5.92 Å². The second kappa shape index (κ2) is 4.61. The molecule has 86 valence electrons. The van der Waals surface area contributed by atoms with Crippen molar-refractivity contribution in [3.63, 3.8) is 0 Å². The Hall–Kier alpha value is -1.42. The van der Waals surface area contributed by atoms with Crippen LogP contribution in [-0.2, 0) is 4.79 Å². The first-order chi connectivity index (χ1) is 7.66. The quantitative estimate of drug-likeness (QED) is 0.793. The van der Waals surface area contributed by atoms with Crippen LogP contribution in [0.5, 0.6) is 0 Å². The van der Waals surface area contributed by atoms with Gasteiger partial charge >= 0.3 is 5.97 Å². The lowest BCUT2D eigenvalue weighted by atomic mass is 9.91. The van der Waals surface area contributed by atoms with Gasteiger partial charge in [0.1, 0.15) is 0 Å². The van der Waals surface area contributed by atoms with Crippen LogP contribution >= 0.6 is 0 Å². The maximum atomic E-state index is 10.9. The lowest BCUT2D eigenvalue weighted by Crippen LogP contribution is -2.35. The smallest absolute Gasteiger partial charge is 0.306 e. The number of carboxylic acids is 1. The van der Waals surface area contributed by atoms with E-state index >= 15 is 0 Å². The van der Waals surface area contributed by atoms with E-state index in [-0.39, 0.29) is 12.0 Å². The molecule has 4 nitrogen and oxygen atoms in total. The monoisotopic (exact) mass is 220 g/mol. The lowest BCUT2D eigenvalue weighted by molar-refractivity contribution is -0.143. The molecule has 0 saturated carbocycles. The van der Waals surface area contributed by atoms with Crippen LogP contribution < -0.4 is 5.32 Å². The molecule has 0 aromatic carbocycles. The van der Waals surface area contributed by atoms with Crippen molar-refractivity contribution in [2.75, 3.05) is 6.54 Å². The molecule has 2 atom stereocenters. The second-order valence-electron chi connectivity index (χ2n) is 4.27. The maximum absolute atomic E-state index is 10.9. The molecular formula is C12H16N2O2. The minimum absolute atomic E-state index is 0.0785. The van der Waals surface area contributed by atoms with Crippen molar-refractivity contribution in [3.8, 4) is 0 Å². The maximum Gasteiger partial charge on any atom is 0.306 e. The zero-order valence-corrected chi connectivity index (χ0v) is 9.31. The van der Waals surface area contributed by atoms with Gasteiger partial charge in [-0.1, -0.05) is 6.07 Å². The van der Waals surface area contributed by atoms with E-state index < -0.39 is 5.97 Å². The Kier molecular flexibility index (Phi) is 3.19. The number of pyridine rings is 1. The number of aryl methyl sites for hydroxylation is 1. The van der Waals surface area contributed by atoms with Gasteiger partial charge in [0.2, 0.25) is 0 Å². The molecule has 0 spiro atoms. The largest absolute Gasteiger partial charge is 0.481 e. The Bertz CT molecular complexity index is 392. The third kappa shape index (κ3) is 2.39. The summed E-state index contributed by atoms with van der Waals surface area (Å²) < 4.78 is 0. The number of aromatic nitrogens is 1. The van der Waals surface area contributed by atoms with Crippen molar-refractivity contribution in [3.05, 3.63) is 29.6 Å². The first kappa shape index (κ1) is 11.1. The molecule has 2 rings (SSSR count). The van der Waals surface area contributed by atoms with Crippen LogP contribution in [0.15, 0.2) is 18.2 Å². The van der Waals surface area contributed by atoms with Crippen LogP contribution in [0.4, 0.5) is 0 Å². The summed E-state index contributed by atoms with van der Waals surface area (Å²) in [5, 5.41) is 12.3. The minimum atomic E-state index is -0.695. The first-order valence-corrected chi connectivity index (χ1v) is 5.56. The number of aliphatic carboxylic acids is 1. The highest BCUT2D eigenvalue weighted by atomic mass is 16.4. The Morgan fingerprint density at radius 3 is 3.06 bits per heavy atom. The summed E-state index contributed by atoms with van der Waals surface area (Å²) in [5.74, 6) is -0.937. The van der Waals surface area contributed by atoms with Crippen molar-refractivity contribution >= 4 is 5.97 Å². The van der Waals surface area contributed by atoms with Crippen LogP contribution in [0.1, 0.15) is 30.3 Å². The van der Waals surface area contributed by atoms with Gasteiger partial charge in [0.15, 0.2) is 0 Å². The highest BCUT2D eigenvalue weighted by molar-refractivity contribution is 5.70. The van der Waals surface area contributed by atoms with Crippen LogP contribution in [0.2, 0.25) is 0 Å². The second-order valence-corrected chi connectivity index (χ2v) is 4.27. The van der Waals surface area contributed by atoms with Crippen molar-refractivity contribution in [2.45, 2.75) is 25.8 Å². The number of nitrogens with zero attached hydrogens (tertiary/aromatic N) is 1. The van der Waals surface area contributed by atoms with Gasteiger partial charge in [-0.15, -0.1) is 0 Å². The molecule has 1 aromatic rings. The van der Waals surface area contributed by atoms with E-state index in [1.54, 1.807) is 0 Å². The molecule has 1 aliphatic rings. The predicted molar refractivity (Wildman–Crippen MR) is 60.1 cm³/mol. The third-order valence-electron chi connectivity index (χ3n) is 3.02. The minimum Gasteiger partial charge on any atom is -0.481 e. The van der Waals surface area contributed by atoms with Crippen LogP contribution in [0, 0.1) is 12.8 Å². The van der Waals surface area contributed by atoms with Gasteiger partial charge in [0.25, 0.3) is 0 Å². The third-order valence-corrected chi connectivity index (χ3v) is 3.02. The number of piperidine rings is 1. The molecule has 16 heavy (non-hydrogen) atoms. The van der Waals surface area contributed by atoms with Crippen molar-refractivity contribution in [1.82, 2.24) is 10.3 Å². The fourth-order valence-corrected chi connectivity index (χ4v) is 2.13. The number of hydrogen-bond acceptors (Lipinski definition) is 3. The lowest BCUT2D eigenvalue weighted by Gasteiger charge is -2.27.